The highest BCUT2D eigenvalue weighted by molar-refractivity contribution is 5.85. The van der Waals surface area contributed by atoms with Crippen LogP contribution in [0.5, 0.6) is 0 Å². The molecule has 0 spiro atoms. The third kappa shape index (κ3) is 2.53. The summed E-state index contributed by atoms with van der Waals surface area (Å²) >= 11 is 0. The molecule has 2 aliphatic rings. The summed E-state index contributed by atoms with van der Waals surface area (Å²) in [5.74, 6) is -0.215. The molecule has 0 bridgehead atoms. The van der Waals surface area contributed by atoms with Gasteiger partial charge >= 0.3 is 0 Å². The van der Waals surface area contributed by atoms with Crippen LogP contribution in [0.2, 0.25) is 0 Å². The molecule has 5 nitrogen and oxygen atoms in total. The molecule has 2 rings (SSSR count). The van der Waals surface area contributed by atoms with Gasteiger partial charge in [-0.05, 0) is 32.7 Å². The van der Waals surface area contributed by atoms with Gasteiger partial charge in [0.15, 0.2) is 0 Å². The van der Waals surface area contributed by atoms with Crippen molar-refractivity contribution in [3.8, 4) is 0 Å². The summed E-state index contributed by atoms with van der Waals surface area (Å²) in [7, 11) is 1.83. The highest BCUT2D eigenvalue weighted by Crippen LogP contribution is 2.33. The van der Waals surface area contributed by atoms with Crippen molar-refractivity contribution in [2.75, 3.05) is 26.7 Å². The minimum atomic E-state index is -0.495. The second-order valence-electron chi connectivity index (χ2n) is 5.49. The van der Waals surface area contributed by atoms with Crippen LogP contribution in [0.1, 0.15) is 32.6 Å². The van der Waals surface area contributed by atoms with Crippen LogP contribution in [0.4, 0.5) is 0 Å². The van der Waals surface area contributed by atoms with Gasteiger partial charge in [-0.2, -0.15) is 0 Å². The lowest BCUT2D eigenvalue weighted by Gasteiger charge is -2.37. The van der Waals surface area contributed by atoms with E-state index in [1.165, 1.54) is 0 Å². The van der Waals surface area contributed by atoms with Crippen LogP contribution in [-0.2, 0) is 9.53 Å². The van der Waals surface area contributed by atoms with Gasteiger partial charge in [0.2, 0.25) is 5.91 Å². The van der Waals surface area contributed by atoms with E-state index >= 15 is 0 Å². The van der Waals surface area contributed by atoms with E-state index in [1.54, 1.807) is 0 Å². The normalized spacial score (nSPS) is 37.9. The van der Waals surface area contributed by atoms with Gasteiger partial charge < -0.3 is 15.8 Å². The number of carbonyl (C=O) groups excluding carboxylic acids is 1. The SMILES string of the molecule is CCC1CN(C2CCC(NC)(C(N)=O)C2)CCO1. The molecule has 3 atom stereocenters. The lowest BCUT2D eigenvalue weighted by molar-refractivity contribution is -0.124. The van der Waals surface area contributed by atoms with Gasteiger partial charge in [0.1, 0.15) is 0 Å². The molecule has 3 N–H and O–H groups in total. The number of hydrogen-bond donors (Lipinski definition) is 2. The zero-order valence-electron chi connectivity index (χ0n) is 11.4. The number of nitrogens with two attached hydrogens (primary N) is 1. The van der Waals surface area contributed by atoms with Crippen molar-refractivity contribution in [2.24, 2.45) is 5.73 Å². The van der Waals surface area contributed by atoms with Crippen molar-refractivity contribution in [1.29, 1.82) is 0 Å². The molecule has 0 radical (unpaired) electrons. The fourth-order valence-electron chi connectivity index (χ4n) is 3.23. The molecule has 5 heteroatoms. The number of likely N-dealkylation sites (N-methyl/N-ethyl adjacent to an activating group) is 1. The topological polar surface area (TPSA) is 67.6 Å². The second kappa shape index (κ2) is 5.55. The minimum Gasteiger partial charge on any atom is -0.376 e. The van der Waals surface area contributed by atoms with Crippen LogP contribution in [0.3, 0.4) is 0 Å². The van der Waals surface area contributed by atoms with Gasteiger partial charge in [0.25, 0.3) is 0 Å². The molecule has 1 aliphatic heterocycles. The Kier molecular flexibility index (Phi) is 4.25. The van der Waals surface area contributed by atoms with Gasteiger partial charge in [0.05, 0.1) is 18.2 Å². The maximum Gasteiger partial charge on any atom is 0.237 e. The third-order valence-electron chi connectivity index (χ3n) is 4.58. The Morgan fingerprint density at radius 1 is 1.61 bits per heavy atom. The first-order valence-corrected chi connectivity index (χ1v) is 6.96. The number of rotatable bonds is 4. The molecular formula is C13H25N3O2. The van der Waals surface area contributed by atoms with Crippen LogP contribution in [0, 0.1) is 0 Å². The molecule has 1 saturated heterocycles. The first-order valence-electron chi connectivity index (χ1n) is 6.96. The molecule has 1 saturated carbocycles. The summed E-state index contributed by atoms with van der Waals surface area (Å²) in [6.07, 6.45) is 4.11. The van der Waals surface area contributed by atoms with Crippen molar-refractivity contribution < 1.29 is 9.53 Å². The molecule has 18 heavy (non-hydrogen) atoms. The largest absolute Gasteiger partial charge is 0.376 e. The summed E-state index contributed by atoms with van der Waals surface area (Å²) in [6.45, 7) is 4.92. The Balaban J connectivity index is 1.97. The Hall–Kier alpha value is -0.650. The Bertz CT molecular complexity index is 311. The molecule has 1 aliphatic carbocycles. The summed E-state index contributed by atoms with van der Waals surface area (Å²) < 4.78 is 5.69. The maximum absolute atomic E-state index is 11.6. The molecule has 2 fully saturated rings. The van der Waals surface area contributed by atoms with Crippen LogP contribution < -0.4 is 11.1 Å². The van der Waals surface area contributed by atoms with E-state index in [0.717, 1.165) is 45.4 Å². The summed E-state index contributed by atoms with van der Waals surface area (Å²) in [4.78, 5) is 14.1. The minimum absolute atomic E-state index is 0.215. The van der Waals surface area contributed by atoms with Crippen molar-refractivity contribution >= 4 is 5.91 Å². The molecular weight excluding hydrogens is 230 g/mol. The number of carbonyl (C=O) groups is 1. The first-order chi connectivity index (χ1) is 8.61. The van der Waals surface area contributed by atoms with Crippen LogP contribution in [0.25, 0.3) is 0 Å². The standard InChI is InChI=1S/C13H25N3O2/c1-3-11-9-16(6-7-18-11)10-4-5-13(8-10,15-2)12(14)17/h10-11,15H,3-9H2,1-2H3,(H2,14,17). The van der Waals surface area contributed by atoms with E-state index in [0.29, 0.717) is 12.1 Å². The number of primary amides is 1. The quantitative estimate of drug-likeness (QED) is 0.747. The molecule has 1 heterocycles. The Morgan fingerprint density at radius 3 is 2.94 bits per heavy atom. The number of morpholine rings is 1. The summed E-state index contributed by atoms with van der Waals surface area (Å²) in [5, 5.41) is 3.14. The number of ether oxygens (including phenoxy) is 1. The van der Waals surface area contributed by atoms with E-state index in [-0.39, 0.29) is 5.91 Å². The van der Waals surface area contributed by atoms with Crippen LogP contribution in [0.15, 0.2) is 0 Å². The monoisotopic (exact) mass is 255 g/mol. The van der Waals surface area contributed by atoms with E-state index < -0.39 is 5.54 Å². The van der Waals surface area contributed by atoms with Gasteiger partial charge in [-0.1, -0.05) is 6.92 Å². The lowest BCUT2D eigenvalue weighted by atomic mass is 9.96. The predicted octanol–water partition coefficient (Wildman–Crippen LogP) is 0.0932. The number of hydrogen-bond acceptors (Lipinski definition) is 4. The lowest BCUT2D eigenvalue weighted by Crippen LogP contribution is -2.54. The molecule has 104 valence electrons. The maximum atomic E-state index is 11.6. The number of nitrogens with zero attached hydrogens (tertiary/aromatic N) is 1. The van der Waals surface area contributed by atoms with Gasteiger partial charge in [-0.25, -0.2) is 0 Å². The highest BCUT2D eigenvalue weighted by atomic mass is 16.5. The van der Waals surface area contributed by atoms with E-state index in [9.17, 15) is 4.79 Å². The fourth-order valence-corrected chi connectivity index (χ4v) is 3.23. The third-order valence-corrected chi connectivity index (χ3v) is 4.58. The number of amides is 1. The summed E-state index contributed by atoms with van der Waals surface area (Å²) in [5.41, 5.74) is 5.05. The van der Waals surface area contributed by atoms with Crippen LogP contribution in [-0.4, -0.2) is 55.2 Å². The molecule has 0 aromatic carbocycles. The Labute approximate surface area is 109 Å². The molecule has 3 unspecified atom stereocenters. The first kappa shape index (κ1) is 13.8. The number of nitrogens with one attached hydrogen (secondary N) is 1. The average Bonchev–Trinajstić information content (AvgIpc) is 2.84. The predicted molar refractivity (Wildman–Crippen MR) is 70.2 cm³/mol. The smallest absolute Gasteiger partial charge is 0.237 e. The van der Waals surface area contributed by atoms with Gasteiger partial charge in [-0.15, -0.1) is 0 Å². The van der Waals surface area contributed by atoms with Crippen molar-refractivity contribution in [3.63, 3.8) is 0 Å². The molecule has 1 amide bonds. The second-order valence-corrected chi connectivity index (χ2v) is 5.49. The molecule has 0 aromatic rings. The average molecular weight is 255 g/mol. The van der Waals surface area contributed by atoms with Gasteiger partial charge in [-0.3, -0.25) is 9.69 Å². The van der Waals surface area contributed by atoms with E-state index in [4.69, 9.17) is 10.5 Å². The molecule has 0 aromatic heterocycles. The van der Waals surface area contributed by atoms with Crippen molar-refractivity contribution in [1.82, 2.24) is 10.2 Å². The van der Waals surface area contributed by atoms with Crippen molar-refractivity contribution in [2.45, 2.75) is 50.3 Å². The van der Waals surface area contributed by atoms with E-state index in [1.807, 2.05) is 7.05 Å². The zero-order valence-corrected chi connectivity index (χ0v) is 11.4. The van der Waals surface area contributed by atoms with E-state index in [2.05, 4.69) is 17.1 Å². The van der Waals surface area contributed by atoms with Crippen molar-refractivity contribution in [3.05, 3.63) is 0 Å². The van der Waals surface area contributed by atoms with Gasteiger partial charge in [0, 0.05) is 19.1 Å². The zero-order chi connectivity index (χ0) is 13.2. The Morgan fingerprint density at radius 2 is 2.39 bits per heavy atom. The van der Waals surface area contributed by atoms with Crippen LogP contribution >= 0.6 is 0 Å². The fraction of sp³-hybridized carbons (Fsp3) is 0.923. The highest BCUT2D eigenvalue weighted by Gasteiger charge is 2.45. The summed E-state index contributed by atoms with van der Waals surface area (Å²) in [6, 6.07) is 0.461.